The summed E-state index contributed by atoms with van der Waals surface area (Å²) >= 11 is 10.3. The lowest BCUT2D eigenvalue weighted by atomic mass is 10.3. The molecule has 0 bridgehead atoms. The maximum absolute atomic E-state index is 12.3. The van der Waals surface area contributed by atoms with E-state index in [-0.39, 0.29) is 11.5 Å². The average Bonchev–Trinajstić information content (AvgIpc) is 2.81. The van der Waals surface area contributed by atoms with Crippen molar-refractivity contribution in [3.05, 3.63) is 38.0 Å². The summed E-state index contributed by atoms with van der Waals surface area (Å²) in [5, 5.41) is 9.37. The maximum atomic E-state index is 12.3. The molecule has 0 atom stereocenters. The van der Waals surface area contributed by atoms with E-state index in [9.17, 15) is 8.42 Å². The zero-order chi connectivity index (χ0) is 15.6. The molecule has 0 unspecified atom stereocenters. The van der Waals surface area contributed by atoms with Crippen LogP contribution < -0.4 is 9.46 Å². The highest BCUT2D eigenvalue weighted by Gasteiger charge is 2.21. The maximum Gasteiger partial charge on any atom is 0.263 e. The molecule has 0 saturated carbocycles. The molecule has 5 nitrogen and oxygen atoms in total. The van der Waals surface area contributed by atoms with Gasteiger partial charge < -0.3 is 9.84 Å². The van der Waals surface area contributed by atoms with E-state index in [0.29, 0.717) is 25.1 Å². The number of halogens is 2. The van der Waals surface area contributed by atoms with Gasteiger partial charge in [0.15, 0.2) is 0 Å². The number of ether oxygens (including phenoxy) is 1. The molecule has 0 amide bonds. The highest BCUT2D eigenvalue weighted by Crippen LogP contribution is 2.34. The van der Waals surface area contributed by atoms with Crippen LogP contribution in [0, 0.1) is 0 Å². The van der Waals surface area contributed by atoms with Gasteiger partial charge >= 0.3 is 0 Å². The second-order valence-corrected chi connectivity index (χ2v) is 8.48. The number of hydrogen-bond acceptors (Lipinski definition) is 5. The predicted octanol–water partition coefficient (Wildman–Crippen LogP) is 3.47. The Morgan fingerprint density at radius 3 is 2.67 bits per heavy atom. The quantitative estimate of drug-likeness (QED) is 0.788. The minimum absolute atomic E-state index is 0.0727. The summed E-state index contributed by atoms with van der Waals surface area (Å²) in [7, 11) is -2.29. The van der Waals surface area contributed by atoms with Crippen molar-refractivity contribution in [2.45, 2.75) is 11.5 Å². The van der Waals surface area contributed by atoms with Crippen molar-refractivity contribution < 1.29 is 18.3 Å². The van der Waals surface area contributed by atoms with Gasteiger partial charge in [0.1, 0.15) is 10.6 Å². The normalized spacial score (nSPS) is 11.4. The van der Waals surface area contributed by atoms with E-state index in [1.54, 1.807) is 12.1 Å². The summed E-state index contributed by atoms with van der Waals surface area (Å²) < 4.78 is 32.5. The van der Waals surface area contributed by atoms with E-state index in [1.807, 2.05) is 0 Å². The van der Waals surface area contributed by atoms with Crippen molar-refractivity contribution in [1.82, 2.24) is 0 Å². The highest BCUT2D eigenvalue weighted by atomic mass is 79.9. The lowest BCUT2D eigenvalue weighted by Crippen LogP contribution is -2.12. The van der Waals surface area contributed by atoms with E-state index in [2.05, 4.69) is 20.7 Å². The summed E-state index contributed by atoms with van der Waals surface area (Å²) in [5.74, 6) is 0.457. The van der Waals surface area contributed by atoms with Gasteiger partial charge in [-0.15, -0.1) is 11.3 Å². The van der Waals surface area contributed by atoms with Crippen LogP contribution in [0.25, 0.3) is 0 Å². The summed E-state index contributed by atoms with van der Waals surface area (Å²) in [4.78, 5) is 0.624. The van der Waals surface area contributed by atoms with E-state index in [1.165, 1.54) is 19.2 Å². The van der Waals surface area contributed by atoms with Crippen LogP contribution in [0.15, 0.2) is 32.9 Å². The van der Waals surface area contributed by atoms with Crippen LogP contribution in [-0.2, 0) is 16.6 Å². The van der Waals surface area contributed by atoms with Crippen molar-refractivity contribution in [3.63, 3.8) is 0 Å². The Bertz CT molecular complexity index is 761. The van der Waals surface area contributed by atoms with Gasteiger partial charge in [-0.25, -0.2) is 8.42 Å². The molecule has 9 heteroatoms. The lowest BCUT2D eigenvalue weighted by Gasteiger charge is -2.09. The Morgan fingerprint density at radius 1 is 1.43 bits per heavy atom. The van der Waals surface area contributed by atoms with Gasteiger partial charge in [-0.2, -0.15) is 0 Å². The van der Waals surface area contributed by atoms with Crippen LogP contribution in [0.1, 0.15) is 4.88 Å². The number of hydrogen-bond donors (Lipinski definition) is 2. The van der Waals surface area contributed by atoms with Crippen molar-refractivity contribution >= 4 is 54.6 Å². The number of thiophene rings is 1. The lowest BCUT2D eigenvalue weighted by molar-refractivity contribution is 0.285. The van der Waals surface area contributed by atoms with Gasteiger partial charge in [-0.05, 0) is 40.2 Å². The third-order valence-electron chi connectivity index (χ3n) is 2.56. The molecule has 0 radical (unpaired) electrons. The molecular formula is C12H11BrClNO4S2. The summed E-state index contributed by atoms with van der Waals surface area (Å²) in [6.07, 6.45) is 0. The third-order valence-corrected chi connectivity index (χ3v) is 6.47. The second-order valence-electron chi connectivity index (χ2n) is 3.96. The largest absolute Gasteiger partial charge is 0.495 e. The summed E-state index contributed by atoms with van der Waals surface area (Å²) in [5.41, 5.74) is 0.324. The van der Waals surface area contributed by atoms with Crippen LogP contribution in [0.3, 0.4) is 0 Å². The number of aliphatic hydroxyl groups is 1. The molecule has 2 N–H and O–H groups in total. The Kier molecular flexibility index (Phi) is 5.15. The van der Waals surface area contributed by atoms with Gasteiger partial charge in [0.25, 0.3) is 10.0 Å². The number of benzene rings is 1. The summed E-state index contributed by atoms with van der Waals surface area (Å²) in [6, 6.07) is 6.00. The first-order chi connectivity index (χ1) is 9.87. The summed E-state index contributed by atoms with van der Waals surface area (Å²) in [6.45, 7) is -0.215. The van der Waals surface area contributed by atoms with Crippen molar-refractivity contribution in [2.24, 2.45) is 0 Å². The first-order valence-corrected chi connectivity index (χ1v) is 9.10. The zero-order valence-electron chi connectivity index (χ0n) is 10.8. The fraction of sp³-hybridized carbons (Fsp3) is 0.167. The minimum atomic E-state index is -3.77. The molecule has 2 rings (SSSR count). The van der Waals surface area contributed by atoms with E-state index in [4.69, 9.17) is 21.4 Å². The van der Waals surface area contributed by atoms with Crippen LogP contribution in [-0.4, -0.2) is 20.6 Å². The Labute approximate surface area is 139 Å². The fourth-order valence-electron chi connectivity index (χ4n) is 1.60. The standard InChI is InChI=1S/C12H11BrClNO4S2/c1-19-10-3-2-7(4-9(10)14)15-21(17,18)11-5-8(6-16)20-12(11)13/h2-5,15-16H,6H2,1H3. The number of anilines is 1. The van der Waals surface area contributed by atoms with Crippen molar-refractivity contribution in [2.75, 3.05) is 11.8 Å². The van der Waals surface area contributed by atoms with Crippen LogP contribution in [0.4, 0.5) is 5.69 Å². The van der Waals surface area contributed by atoms with Crippen LogP contribution >= 0.6 is 38.9 Å². The second kappa shape index (κ2) is 6.53. The average molecular weight is 413 g/mol. The third kappa shape index (κ3) is 3.70. The Hall–Kier alpha value is -0.800. The molecule has 21 heavy (non-hydrogen) atoms. The molecule has 0 saturated heterocycles. The predicted molar refractivity (Wildman–Crippen MR) is 86.8 cm³/mol. The fourth-order valence-corrected chi connectivity index (χ4v) is 5.45. The molecule has 0 aliphatic rings. The molecule has 2 aromatic rings. The van der Waals surface area contributed by atoms with Gasteiger partial charge in [0, 0.05) is 4.88 Å². The smallest absolute Gasteiger partial charge is 0.263 e. The number of methoxy groups -OCH3 is 1. The molecule has 1 heterocycles. The molecule has 0 aliphatic heterocycles. The first kappa shape index (κ1) is 16.6. The topological polar surface area (TPSA) is 75.6 Å². The SMILES string of the molecule is COc1ccc(NS(=O)(=O)c2cc(CO)sc2Br)cc1Cl. The number of sulfonamides is 1. The van der Waals surface area contributed by atoms with Crippen molar-refractivity contribution in [3.8, 4) is 5.75 Å². The monoisotopic (exact) mass is 411 g/mol. The van der Waals surface area contributed by atoms with Crippen LogP contribution in [0.5, 0.6) is 5.75 Å². The first-order valence-electron chi connectivity index (χ1n) is 5.63. The minimum Gasteiger partial charge on any atom is -0.495 e. The van der Waals surface area contributed by atoms with Crippen LogP contribution in [0.2, 0.25) is 5.02 Å². The van der Waals surface area contributed by atoms with Gasteiger partial charge in [-0.3, -0.25) is 4.72 Å². The molecule has 0 spiro atoms. The van der Waals surface area contributed by atoms with E-state index >= 15 is 0 Å². The number of aliphatic hydroxyl groups excluding tert-OH is 1. The Balaban J connectivity index is 2.32. The van der Waals surface area contributed by atoms with E-state index < -0.39 is 10.0 Å². The highest BCUT2D eigenvalue weighted by molar-refractivity contribution is 9.11. The number of rotatable bonds is 5. The molecular weight excluding hydrogens is 402 g/mol. The zero-order valence-corrected chi connectivity index (χ0v) is 14.7. The van der Waals surface area contributed by atoms with Crippen molar-refractivity contribution in [1.29, 1.82) is 0 Å². The molecule has 114 valence electrons. The Morgan fingerprint density at radius 2 is 2.14 bits per heavy atom. The van der Waals surface area contributed by atoms with Gasteiger partial charge in [-0.1, -0.05) is 11.6 Å². The van der Waals surface area contributed by atoms with Gasteiger partial charge in [0.05, 0.1) is 28.2 Å². The molecule has 0 fully saturated rings. The van der Waals surface area contributed by atoms with Gasteiger partial charge in [0.2, 0.25) is 0 Å². The van der Waals surface area contributed by atoms with E-state index in [0.717, 1.165) is 11.3 Å². The number of nitrogens with one attached hydrogen (secondary N) is 1. The molecule has 1 aromatic carbocycles. The molecule has 0 aliphatic carbocycles. The molecule has 1 aromatic heterocycles.